The van der Waals surface area contributed by atoms with Crippen molar-refractivity contribution in [3.8, 4) is 0 Å². The van der Waals surface area contributed by atoms with Crippen LogP contribution in [0.4, 0.5) is 0 Å². The molecular weight excluding hydrogens is 230 g/mol. The van der Waals surface area contributed by atoms with Crippen LogP contribution in [0.2, 0.25) is 0 Å². The standard InChI is InChI=1S/C12H15N5O/c1-3-17(12(18)11-13-8-14-16-11)7-10-6-4-5-9(2)15-10/h4-6,8H,3,7H2,1-2H3,(H,13,14,16). The third-order valence-corrected chi connectivity index (χ3v) is 2.59. The number of nitrogens with one attached hydrogen (secondary N) is 1. The molecule has 6 heteroatoms. The van der Waals surface area contributed by atoms with Gasteiger partial charge < -0.3 is 4.90 Å². The summed E-state index contributed by atoms with van der Waals surface area (Å²) in [6.45, 7) is 4.91. The lowest BCUT2D eigenvalue weighted by Crippen LogP contribution is -2.31. The van der Waals surface area contributed by atoms with Crippen LogP contribution in [0.25, 0.3) is 0 Å². The molecule has 0 aromatic carbocycles. The molecule has 2 aromatic heterocycles. The zero-order valence-electron chi connectivity index (χ0n) is 10.4. The number of carbonyl (C=O) groups excluding carboxylic acids is 1. The number of amides is 1. The van der Waals surface area contributed by atoms with Crippen molar-refractivity contribution in [2.45, 2.75) is 20.4 Å². The van der Waals surface area contributed by atoms with E-state index in [1.807, 2.05) is 32.0 Å². The van der Waals surface area contributed by atoms with Gasteiger partial charge in [0.15, 0.2) is 0 Å². The summed E-state index contributed by atoms with van der Waals surface area (Å²) < 4.78 is 0. The molecule has 0 aliphatic carbocycles. The van der Waals surface area contributed by atoms with E-state index in [0.29, 0.717) is 13.1 Å². The van der Waals surface area contributed by atoms with Gasteiger partial charge >= 0.3 is 0 Å². The first-order chi connectivity index (χ1) is 8.70. The average molecular weight is 245 g/mol. The number of aromatic amines is 1. The Labute approximate surface area is 105 Å². The van der Waals surface area contributed by atoms with Crippen molar-refractivity contribution in [1.82, 2.24) is 25.1 Å². The van der Waals surface area contributed by atoms with Gasteiger partial charge in [-0.25, -0.2) is 4.98 Å². The summed E-state index contributed by atoms with van der Waals surface area (Å²) in [5.41, 5.74) is 1.81. The first-order valence-corrected chi connectivity index (χ1v) is 5.78. The Hall–Kier alpha value is -2.24. The van der Waals surface area contributed by atoms with Gasteiger partial charge in [-0.05, 0) is 26.0 Å². The molecule has 2 rings (SSSR count). The van der Waals surface area contributed by atoms with Crippen LogP contribution in [0, 0.1) is 6.92 Å². The Morgan fingerprint density at radius 2 is 2.28 bits per heavy atom. The molecule has 0 bridgehead atoms. The molecule has 0 unspecified atom stereocenters. The Kier molecular flexibility index (Phi) is 3.66. The van der Waals surface area contributed by atoms with Crippen molar-refractivity contribution in [3.05, 3.63) is 41.7 Å². The normalized spacial score (nSPS) is 10.3. The SMILES string of the molecule is CCN(Cc1cccc(C)n1)C(=O)c1ncn[nH]1. The van der Waals surface area contributed by atoms with Crippen molar-refractivity contribution < 1.29 is 4.79 Å². The third-order valence-electron chi connectivity index (χ3n) is 2.59. The maximum Gasteiger partial charge on any atom is 0.291 e. The fraction of sp³-hybridized carbons (Fsp3) is 0.333. The monoisotopic (exact) mass is 245 g/mol. The molecule has 0 radical (unpaired) electrons. The van der Waals surface area contributed by atoms with Gasteiger partial charge in [0.25, 0.3) is 5.91 Å². The highest BCUT2D eigenvalue weighted by molar-refractivity contribution is 5.90. The quantitative estimate of drug-likeness (QED) is 0.877. The average Bonchev–Trinajstić information content (AvgIpc) is 2.89. The highest BCUT2D eigenvalue weighted by Crippen LogP contribution is 2.06. The van der Waals surface area contributed by atoms with E-state index in [0.717, 1.165) is 11.4 Å². The maximum atomic E-state index is 12.1. The smallest absolute Gasteiger partial charge is 0.291 e. The van der Waals surface area contributed by atoms with Gasteiger partial charge in [-0.3, -0.25) is 14.9 Å². The highest BCUT2D eigenvalue weighted by atomic mass is 16.2. The number of aromatic nitrogens is 4. The number of carbonyl (C=O) groups is 1. The molecular formula is C12H15N5O. The molecule has 0 saturated carbocycles. The topological polar surface area (TPSA) is 74.8 Å². The Morgan fingerprint density at radius 3 is 2.89 bits per heavy atom. The second kappa shape index (κ2) is 5.39. The Balaban J connectivity index is 2.12. The van der Waals surface area contributed by atoms with Gasteiger partial charge in [-0.15, -0.1) is 0 Å². The minimum absolute atomic E-state index is 0.168. The summed E-state index contributed by atoms with van der Waals surface area (Å²) in [4.78, 5) is 22.0. The van der Waals surface area contributed by atoms with Crippen LogP contribution in [-0.2, 0) is 6.54 Å². The predicted molar refractivity (Wildman–Crippen MR) is 65.8 cm³/mol. The second-order valence-electron chi connectivity index (χ2n) is 3.92. The van der Waals surface area contributed by atoms with Crippen LogP contribution in [-0.4, -0.2) is 37.5 Å². The van der Waals surface area contributed by atoms with E-state index in [9.17, 15) is 4.79 Å². The first kappa shape index (κ1) is 12.2. The molecule has 0 saturated heterocycles. The van der Waals surface area contributed by atoms with Gasteiger partial charge in [0, 0.05) is 12.2 Å². The molecule has 1 amide bonds. The second-order valence-corrected chi connectivity index (χ2v) is 3.92. The van der Waals surface area contributed by atoms with E-state index >= 15 is 0 Å². The number of nitrogens with zero attached hydrogens (tertiary/aromatic N) is 4. The fourth-order valence-electron chi connectivity index (χ4n) is 1.67. The summed E-state index contributed by atoms with van der Waals surface area (Å²) in [5, 5.41) is 6.26. The molecule has 0 atom stereocenters. The molecule has 2 heterocycles. The zero-order chi connectivity index (χ0) is 13.0. The minimum atomic E-state index is -0.168. The molecule has 18 heavy (non-hydrogen) atoms. The summed E-state index contributed by atoms with van der Waals surface area (Å²) in [6.07, 6.45) is 1.33. The van der Waals surface area contributed by atoms with E-state index < -0.39 is 0 Å². The number of H-pyrrole nitrogens is 1. The number of hydrogen-bond donors (Lipinski definition) is 1. The lowest BCUT2D eigenvalue weighted by molar-refractivity contribution is 0.0738. The summed E-state index contributed by atoms with van der Waals surface area (Å²) in [5.74, 6) is 0.0859. The van der Waals surface area contributed by atoms with Crippen LogP contribution >= 0.6 is 0 Å². The highest BCUT2D eigenvalue weighted by Gasteiger charge is 2.17. The van der Waals surface area contributed by atoms with Crippen LogP contribution in [0.5, 0.6) is 0 Å². The van der Waals surface area contributed by atoms with Gasteiger partial charge in [-0.2, -0.15) is 5.10 Å². The van der Waals surface area contributed by atoms with E-state index in [2.05, 4.69) is 20.2 Å². The molecule has 0 aliphatic rings. The molecule has 0 fully saturated rings. The predicted octanol–water partition coefficient (Wildman–Crippen LogP) is 1.17. The fourth-order valence-corrected chi connectivity index (χ4v) is 1.67. The Morgan fingerprint density at radius 1 is 1.44 bits per heavy atom. The first-order valence-electron chi connectivity index (χ1n) is 5.78. The molecule has 2 aromatic rings. The van der Waals surface area contributed by atoms with Crippen molar-refractivity contribution >= 4 is 5.91 Å². The van der Waals surface area contributed by atoms with E-state index in [4.69, 9.17) is 0 Å². The van der Waals surface area contributed by atoms with Crippen LogP contribution in [0.1, 0.15) is 28.9 Å². The summed E-state index contributed by atoms with van der Waals surface area (Å²) in [6, 6.07) is 5.77. The van der Waals surface area contributed by atoms with Crippen molar-refractivity contribution in [1.29, 1.82) is 0 Å². The number of hydrogen-bond acceptors (Lipinski definition) is 4. The minimum Gasteiger partial charge on any atom is -0.330 e. The molecule has 0 aliphatic heterocycles. The number of pyridine rings is 1. The van der Waals surface area contributed by atoms with Crippen molar-refractivity contribution in [2.75, 3.05) is 6.54 Å². The van der Waals surface area contributed by atoms with Gasteiger partial charge in [-0.1, -0.05) is 6.07 Å². The van der Waals surface area contributed by atoms with E-state index in [-0.39, 0.29) is 11.7 Å². The molecule has 6 nitrogen and oxygen atoms in total. The van der Waals surface area contributed by atoms with Crippen LogP contribution in [0.15, 0.2) is 24.5 Å². The maximum absolute atomic E-state index is 12.1. The zero-order valence-corrected chi connectivity index (χ0v) is 10.4. The van der Waals surface area contributed by atoms with Gasteiger partial charge in [0.2, 0.25) is 5.82 Å². The van der Waals surface area contributed by atoms with Gasteiger partial charge in [0.1, 0.15) is 6.33 Å². The number of rotatable bonds is 4. The molecule has 0 spiro atoms. The Bertz CT molecular complexity index is 523. The third kappa shape index (κ3) is 2.71. The van der Waals surface area contributed by atoms with E-state index in [1.54, 1.807) is 4.90 Å². The van der Waals surface area contributed by atoms with Gasteiger partial charge in [0.05, 0.1) is 12.2 Å². The summed E-state index contributed by atoms with van der Waals surface area (Å²) in [7, 11) is 0. The van der Waals surface area contributed by atoms with Crippen LogP contribution < -0.4 is 0 Å². The molecule has 1 N–H and O–H groups in total. The largest absolute Gasteiger partial charge is 0.330 e. The lowest BCUT2D eigenvalue weighted by atomic mass is 10.3. The summed E-state index contributed by atoms with van der Waals surface area (Å²) >= 11 is 0. The van der Waals surface area contributed by atoms with Crippen molar-refractivity contribution in [3.63, 3.8) is 0 Å². The molecule has 94 valence electrons. The number of aryl methyl sites for hydroxylation is 1. The lowest BCUT2D eigenvalue weighted by Gasteiger charge is -2.19. The van der Waals surface area contributed by atoms with Crippen LogP contribution in [0.3, 0.4) is 0 Å². The van der Waals surface area contributed by atoms with E-state index in [1.165, 1.54) is 6.33 Å². The van der Waals surface area contributed by atoms with Crippen molar-refractivity contribution in [2.24, 2.45) is 0 Å².